The Kier molecular flexibility index (Phi) is 3.95. The van der Waals surface area contributed by atoms with Crippen LogP contribution in [0.25, 0.3) is 0 Å². The largest absolute Gasteiger partial charge is 0.334 e. The lowest BCUT2D eigenvalue weighted by Crippen LogP contribution is -2.53. The van der Waals surface area contributed by atoms with Gasteiger partial charge in [-0.2, -0.15) is 0 Å². The van der Waals surface area contributed by atoms with E-state index in [0.717, 1.165) is 6.42 Å². The second-order valence-corrected chi connectivity index (χ2v) is 7.57. The van der Waals surface area contributed by atoms with Crippen LogP contribution in [-0.2, 0) is 4.79 Å². The second kappa shape index (κ2) is 4.62. The highest BCUT2D eigenvalue weighted by Gasteiger charge is 2.44. The molecule has 0 unspecified atom stereocenters. The summed E-state index contributed by atoms with van der Waals surface area (Å²) in [4.78, 5) is 14.8. The van der Waals surface area contributed by atoms with Crippen LogP contribution in [0, 0.1) is 11.3 Å². The van der Waals surface area contributed by atoms with Crippen molar-refractivity contribution in [3.05, 3.63) is 0 Å². The van der Waals surface area contributed by atoms with Crippen LogP contribution in [0.4, 0.5) is 0 Å². The summed E-state index contributed by atoms with van der Waals surface area (Å²) in [6.07, 6.45) is 3.44. The molecule has 1 fully saturated rings. The Hall–Kier alpha value is -0.530. The number of nitrogens with zero attached hydrogens (tertiary/aromatic N) is 1. The Bertz CT molecular complexity index is 282. The molecule has 2 heteroatoms. The molecule has 0 spiro atoms. The first-order chi connectivity index (χ1) is 7.55. The molecule has 1 aliphatic carbocycles. The van der Waals surface area contributed by atoms with Crippen LogP contribution < -0.4 is 0 Å². The van der Waals surface area contributed by atoms with Crippen LogP contribution in [0.3, 0.4) is 0 Å². The lowest BCUT2D eigenvalue weighted by molar-refractivity contribution is -0.146. The molecule has 1 aliphatic rings. The lowest BCUT2D eigenvalue weighted by atomic mass is 9.86. The van der Waals surface area contributed by atoms with Gasteiger partial charge in [0.05, 0.1) is 0 Å². The SMILES string of the molecule is CC(C)CC(C)(C)N(C(=O)C(C)(C)C)C1CC1. The fourth-order valence-electron chi connectivity index (χ4n) is 2.73. The van der Waals surface area contributed by atoms with Gasteiger partial charge < -0.3 is 4.90 Å². The van der Waals surface area contributed by atoms with Crippen molar-refractivity contribution >= 4 is 5.91 Å². The summed E-state index contributed by atoms with van der Waals surface area (Å²) in [5.74, 6) is 0.935. The van der Waals surface area contributed by atoms with Crippen molar-refractivity contribution in [2.45, 2.75) is 79.3 Å². The van der Waals surface area contributed by atoms with E-state index in [2.05, 4.69) is 32.6 Å². The predicted octanol–water partition coefficient (Wildman–Crippen LogP) is 3.85. The van der Waals surface area contributed by atoms with Gasteiger partial charge in [0.1, 0.15) is 0 Å². The van der Waals surface area contributed by atoms with Gasteiger partial charge in [0, 0.05) is 17.0 Å². The van der Waals surface area contributed by atoms with Gasteiger partial charge in [-0.1, -0.05) is 34.6 Å². The van der Waals surface area contributed by atoms with E-state index >= 15 is 0 Å². The van der Waals surface area contributed by atoms with Crippen molar-refractivity contribution in [1.82, 2.24) is 4.90 Å². The minimum Gasteiger partial charge on any atom is -0.334 e. The molecule has 0 aromatic heterocycles. The Balaban J connectivity index is 2.89. The van der Waals surface area contributed by atoms with Gasteiger partial charge in [0.2, 0.25) is 5.91 Å². The molecule has 0 aromatic carbocycles. The number of rotatable bonds is 4. The molecule has 17 heavy (non-hydrogen) atoms. The summed E-state index contributed by atoms with van der Waals surface area (Å²) in [6, 6.07) is 0.496. The van der Waals surface area contributed by atoms with Gasteiger partial charge in [0.15, 0.2) is 0 Å². The van der Waals surface area contributed by atoms with Crippen LogP contribution in [-0.4, -0.2) is 22.4 Å². The van der Waals surface area contributed by atoms with Crippen molar-refractivity contribution in [3.63, 3.8) is 0 Å². The molecule has 100 valence electrons. The molecule has 0 atom stereocenters. The predicted molar refractivity (Wildman–Crippen MR) is 72.9 cm³/mol. The van der Waals surface area contributed by atoms with Gasteiger partial charge in [-0.15, -0.1) is 0 Å². The molecule has 1 rings (SSSR count). The number of amides is 1. The Morgan fingerprint density at radius 3 is 1.94 bits per heavy atom. The molecule has 1 amide bonds. The van der Waals surface area contributed by atoms with Crippen molar-refractivity contribution < 1.29 is 4.79 Å². The van der Waals surface area contributed by atoms with Crippen molar-refractivity contribution in [2.75, 3.05) is 0 Å². The molecule has 0 aliphatic heterocycles. The van der Waals surface area contributed by atoms with E-state index in [1.165, 1.54) is 12.8 Å². The number of carbonyl (C=O) groups excluding carboxylic acids is 1. The molecule has 0 aromatic rings. The first kappa shape index (κ1) is 14.5. The van der Waals surface area contributed by atoms with Crippen molar-refractivity contribution in [2.24, 2.45) is 11.3 Å². The van der Waals surface area contributed by atoms with Gasteiger partial charge in [-0.05, 0) is 39.0 Å². The van der Waals surface area contributed by atoms with Gasteiger partial charge in [-0.3, -0.25) is 4.79 Å². The monoisotopic (exact) mass is 239 g/mol. The molecule has 1 saturated carbocycles. The molecule has 0 N–H and O–H groups in total. The van der Waals surface area contributed by atoms with Crippen LogP contribution in [0.2, 0.25) is 0 Å². The van der Waals surface area contributed by atoms with Crippen molar-refractivity contribution in [1.29, 1.82) is 0 Å². The van der Waals surface area contributed by atoms with Gasteiger partial charge >= 0.3 is 0 Å². The van der Waals surface area contributed by atoms with E-state index in [1.54, 1.807) is 0 Å². The maximum absolute atomic E-state index is 12.6. The lowest BCUT2D eigenvalue weighted by Gasteiger charge is -2.43. The third-order valence-corrected chi connectivity index (χ3v) is 3.33. The van der Waals surface area contributed by atoms with Gasteiger partial charge in [-0.25, -0.2) is 0 Å². The van der Waals surface area contributed by atoms with Crippen LogP contribution >= 0.6 is 0 Å². The molecule has 2 nitrogen and oxygen atoms in total. The zero-order valence-corrected chi connectivity index (χ0v) is 12.6. The molecule has 0 bridgehead atoms. The number of carbonyl (C=O) groups is 1. The van der Waals surface area contributed by atoms with E-state index in [1.807, 2.05) is 20.8 Å². The number of hydrogen-bond donors (Lipinski definition) is 0. The van der Waals surface area contributed by atoms with E-state index in [4.69, 9.17) is 0 Å². The Morgan fingerprint density at radius 1 is 1.18 bits per heavy atom. The maximum atomic E-state index is 12.6. The van der Waals surface area contributed by atoms with Gasteiger partial charge in [0.25, 0.3) is 0 Å². The van der Waals surface area contributed by atoms with E-state index in [0.29, 0.717) is 17.9 Å². The minimum absolute atomic E-state index is 0.0142. The molecule has 0 radical (unpaired) electrons. The minimum atomic E-state index is -0.267. The highest BCUT2D eigenvalue weighted by Crippen LogP contribution is 2.38. The van der Waals surface area contributed by atoms with E-state index < -0.39 is 0 Å². The van der Waals surface area contributed by atoms with E-state index in [-0.39, 0.29) is 11.0 Å². The summed E-state index contributed by atoms with van der Waals surface area (Å²) < 4.78 is 0. The Labute approximate surface area is 107 Å². The average molecular weight is 239 g/mol. The standard InChI is InChI=1S/C15H29NO/c1-11(2)10-15(6,7)16(12-8-9-12)13(17)14(3,4)5/h11-12H,8-10H2,1-7H3. The first-order valence-electron chi connectivity index (χ1n) is 6.89. The van der Waals surface area contributed by atoms with E-state index in [9.17, 15) is 4.79 Å². The third kappa shape index (κ3) is 3.72. The van der Waals surface area contributed by atoms with Crippen LogP contribution in [0.15, 0.2) is 0 Å². The highest BCUT2D eigenvalue weighted by atomic mass is 16.2. The maximum Gasteiger partial charge on any atom is 0.228 e. The average Bonchev–Trinajstić information content (AvgIpc) is 2.82. The van der Waals surface area contributed by atoms with Crippen LogP contribution in [0.1, 0.15) is 67.7 Å². The third-order valence-electron chi connectivity index (χ3n) is 3.33. The first-order valence-corrected chi connectivity index (χ1v) is 6.89. The quantitative estimate of drug-likeness (QED) is 0.729. The smallest absolute Gasteiger partial charge is 0.228 e. The molecule has 0 saturated heterocycles. The highest BCUT2D eigenvalue weighted by molar-refractivity contribution is 5.82. The Morgan fingerprint density at radius 2 is 1.65 bits per heavy atom. The number of hydrogen-bond acceptors (Lipinski definition) is 1. The summed E-state index contributed by atoms with van der Waals surface area (Å²) in [6.45, 7) is 15.0. The fourth-order valence-corrected chi connectivity index (χ4v) is 2.73. The molecular formula is C15H29NO. The summed E-state index contributed by atoms with van der Waals surface area (Å²) in [5, 5.41) is 0. The normalized spacial score (nSPS) is 17.4. The van der Waals surface area contributed by atoms with Crippen LogP contribution in [0.5, 0.6) is 0 Å². The van der Waals surface area contributed by atoms with Crippen molar-refractivity contribution in [3.8, 4) is 0 Å². The summed E-state index contributed by atoms with van der Waals surface area (Å²) in [5.41, 5.74) is -0.281. The fraction of sp³-hybridized carbons (Fsp3) is 0.933. The molecular weight excluding hydrogens is 210 g/mol. The summed E-state index contributed by atoms with van der Waals surface area (Å²) in [7, 11) is 0. The summed E-state index contributed by atoms with van der Waals surface area (Å²) >= 11 is 0. The zero-order chi connectivity index (χ0) is 13.4. The molecule has 0 heterocycles. The second-order valence-electron chi connectivity index (χ2n) is 7.57. The zero-order valence-electron chi connectivity index (χ0n) is 12.6. The topological polar surface area (TPSA) is 20.3 Å².